The van der Waals surface area contributed by atoms with E-state index >= 15 is 0 Å². The van der Waals surface area contributed by atoms with Crippen molar-refractivity contribution in [3.8, 4) is 11.5 Å². The molecule has 0 saturated heterocycles. The first-order valence-corrected chi connectivity index (χ1v) is 10.2. The van der Waals surface area contributed by atoms with E-state index < -0.39 is 0 Å². The van der Waals surface area contributed by atoms with Gasteiger partial charge in [0.2, 0.25) is 0 Å². The van der Waals surface area contributed by atoms with Gasteiger partial charge in [0, 0.05) is 17.8 Å². The fraction of sp³-hybridized carbons (Fsp3) is 0.182. The maximum Gasteiger partial charge on any atom is 0.265 e. The molecular weight excluding hydrogens is 388 g/mol. The zero-order chi connectivity index (χ0) is 20.1. The van der Waals surface area contributed by atoms with Crippen molar-refractivity contribution in [1.82, 2.24) is 5.32 Å². The molecule has 2 N–H and O–H groups in total. The van der Waals surface area contributed by atoms with Gasteiger partial charge in [0.05, 0.1) is 4.88 Å². The molecule has 1 aliphatic rings. The van der Waals surface area contributed by atoms with Gasteiger partial charge >= 0.3 is 0 Å². The number of ether oxygens (including phenoxy) is 2. The van der Waals surface area contributed by atoms with Crippen LogP contribution in [0.4, 0.5) is 5.69 Å². The van der Waals surface area contributed by atoms with Crippen molar-refractivity contribution < 1.29 is 19.1 Å². The molecule has 0 fully saturated rings. The summed E-state index contributed by atoms with van der Waals surface area (Å²) in [4.78, 5) is 25.1. The summed E-state index contributed by atoms with van der Waals surface area (Å²) >= 11 is 1.38. The van der Waals surface area contributed by atoms with Gasteiger partial charge in [0.1, 0.15) is 13.2 Å². The average molecular weight is 408 g/mol. The van der Waals surface area contributed by atoms with Crippen LogP contribution in [0.2, 0.25) is 0 Å². The zero-order valence-electron chi connectivity index (χ0n) is 15.6. The molecule has 7 heteroatoms. The minimum atomic E-state index is -0.156. The van der Waals surface area contributed by atoms with Gasteiger partial charge in [-0.15, -0.1) is 11.3 Å². The Hall–Kier alpha value is -3.32. The minimum absolute atomic E-state index is 0.154. The summed E-state index contributed by atoms with van der Waals surface area (Å²) in [6.07, 6.45) is 0.692. The third-order valence-electron chi connectivity index (χ3n) is 4.46. The number of carbonyl (C=O) groups is 2. The van der Waals surface area contributed by atoms with Crippen molar-refractivity contribution in [3.63, 3.8) is 0 Å². The lowest BCUT2D eigenvalue weighted by molar-refractivity contribution is 0.0953. The summed E-state index contributed by atoms with van der Waals surface area (Å²) in [5, 5.41) is 7.59. The molecule has 29 heavy (non-hydrogen) atoms. The largest absolute Gasteiger partial charge is 0.486 e. The van der Waals surface area contributed by atoms with Crippen LogP contribution in [-0.4, -0.2) is 31.6 Å². The van der Waals surface area contributed by atoms with Gasteiger partial charge in [0.25, 0.3) is 11.8 Å². The van der Waals surface area contributed by atoms with Gasteiger partial charge in [-0.2, -0.15) is 0 Å². The number of benzene rings is 2. The Balaban J connectivity index is 1.28. The van der Waals surface area contributed by atoms with Crippen LogP contribution >= 0.6 is 11.3 Å². The third kappa shape index (κ3) is 4.75. The van der Waals surface area contributed by atoms with E-state index in [4.69, 9.17) is 9.47 Å². The Labute approximate surface area is 172 Å². The molecule has 4 rings (SSSR count). The maximum absolute atomic E-state index is 12.3. The Kier molecular flexibility index (Phi) is 5.76. The topological polar surface area (TPSA) is 76.7 Å². The van der Waals surface area contributed by atoms with E-state index in [0.717, 1.165) is 17.1 Å². The third-order valence-corrected chi connectivity index (χ3v) is 5.32. The Bertz CT molecular complexity index is 1000. The second kappa shape index (κ2) is 8.79. The number of nitrogens with one attached hydrogen (secondary N) is 2. The number of thiophene rings is 1. The molecule has 2 amide bonds. The smallest absolute Gasteiger partial charge is 0.265 e. The highest BCUT2D eigenvalue weighted by Gasteiger charge is 2.12. The van der Waals surface area contributed by atoms with Crippen molar-refractivity contribution >= 4 is 28.8 Å². The highest BCUT2D eigenvalue weighted by molar-refractivity contribution is 7.12. The molecule has 0 unspecified atom stereocenters. The highest BCUT2D eigenvalue weighted by atomic mass is 32.1. The second-order valence-corrected chi connectivity index (χ2v) is 7.44. The normalized spacial score (nSPS) is 12.3. The summed E-state index contributed by atoms with van der Waals surface area (Å²) in [5.41, 5.74) is 2.26. The average Bonchev–Trinajstić information content (AvgIpc) is 3.29. The van der Waals surface area contributed by atoms with Gasteiger partial charge in [-0.05, 0) is 59.8 Å². The van der Waals surface area contributed by atoms with Crippen molar-refractivity contribution in [2.24, 2.45) is 0 Å². The molecule has 148 valence electrons. The molecule has 0 radical (unpaired) electrons. The predicted molar refractivity (Wildman–Crippen MR) is 112 cm³/mol. The molecule has 0 spiro atoms. The van der Waals surface area contributed by atoms with E-state index in [1.54, 1.807) is 30.3 Å². The molecule has 2 heterocycles. The van der Waals surface area contributed by atoms with Crippen LogP contribution in [0.1, 0.15) is 25.6 Å². The van der Waals surface area contributed by atoms with Crippen LogP contribution in [0.5, 0.6) is 11.5 Å². The van der Waals surface area contributed by atoms with Crippen molar-refractivity contribution in [2.45, 2.75) is 6.42 Å². The first-order valence-electron chi connectivity index (χ1n) is 9.31. The summed E-state index contributed by atoms with van der Waals surface area (Å²) < 4.78 is 11.1. The number of rotatable bonds is 6. The number of fused-ring (bicyclic) bond motifs is 1. The SMILES string of the molecule is O=C(NCCc1ccc2c(c1)OCCO2)c1ccc(NC(=O)c2cccs2)cc1. The highest BCUT2D eigenvalue weighted by Crippen LogP contribution is 2.30. The number of anilines is 1. The standard InChI is InChI=1S/C22H20N2O4S/c25-21(23-10-9-15-3-8-18-19(14-15)28-12-11-27-18)16-4-6-17(7-5-16)24-22(26)20-2-1-13-29-20/h1-8,13-14H,9-12H2,(H,23,25)(H,24,26). The van der Waals surface area contributed by atoms with Gasteiger partial charge in [-0.3, -0.25) is 9.59 Å². The lowest BCUT2D eigenvalue weighted by Crippen LogP contribution is -2.25. The van der Waals surface area contributed by atoms with Gasteiger partial charge < -0.3 is 20.1 Å². The molecule has 6 nitrogen and oxygen atoms in total. The second-order valence-electron chi connectivity index (χ2n) is 6.49. The van der Waals surface area contributed by atoms with Gasteiger partial charge in [-0.25, -0.2) is 0 Å². The van der Waals surface area contributed by atoms with Crippen LogP contribution in [0.15, 0.2) is 60.0 Å². The van der Waals surface area contributed by atoms with Crippen LogP contribution in [-0.2, 0) is 6.42 Å². The van der Waals surface area contributed by atoms with E-state index in [1.165, 1.54) is 11.3 Å². The molecule has 1 aromatic heterocycles. The fourth-order valence-corrected chi connectivity index (χ4v) is 3.59. The number of hydrogen-bond donors (Lipinski definition) is 2. The summed E-state index contributed by atoms with van der Waals surface area (Å²) in [7, 11) is 0. The van der Waals surface area contributed by atoms with E-state index in [-0.39, 0.29) is 11.8 Å². The molecule has 0 bridgehead atoms. The van der Waals surface area contributed by atoms with Crippen molar-refractivity contribution in [3.05, 3.63) is 76.0 Å². The summed E-state index contributed by atoms with van der Waals surface area (Å²) in [6, 6.07) is 16.3. The molecule has 0 saturated carbocycles. The van der Waals surface area contributed by atoms with Crippen molar-refractivity contribution in [1.29, 1.82) is 0 Å². The zero-order valence-corrected chi connectivity index (χ0v) is 16.5. The van der Waals surface area contributed by atoms with Crippen LogP contribution in [0.25, 0.3) is 0 Å². The number of amides is 2. The Morgan fingerprint density at radius 2 is 1.72 bits per heavy atom. The molecule has 0 aliphatic carbocycles. The van der Waals surface area contributed by atoms with E-state index in [1.807, 2.05) is 29.6 Å². The van der Waals surface area contributed by atoms with Crippen molar-refractivity contribution in [2.75, 3.05) is 25.1 Å². The van der Waals surface area contributed by atoms with E-state index in [9.17, 15) is 9.59 Å². The molecular formula is C22H20N2O4S. The number of carbonyl (C=O) groups excluding carboxylic acids is 2. The Morgan fingerprint density at radius 1 is 0.931 bits per heavy atom. The Morgan fingerprint density at radius 3 is 2.48 bits per heavy atom. The van der Waals surface area contributed by atoms with Crippen LogP contribution in [0.3, 0.4) is 0 Å². The molecule has 2 aromatic carbocycles. The van der Waals surface area contributed by atoms with Gasteiger partial charge in [0.15, 0.2) is 11.5 Å². The van der Waals surface area contributed by atoms with Gasteiger partial charge in [-0.1, -0.05) is 12.1 Å². The van der Waals surface area contributed by atoms with E-state index in [0.29, 0.717) is 42.3 Å². The monoisotopic (exact) mass is 408 g/mol. The van der Waals surface area contributed by atoms with Crippen LogP contribution < -0.4 is 20.1 Å². The number of hydrogen-bond acceptors (Lipinski definition) is 5. The lowest BCUT2D eigenvalue weighted by atomic mass is 10.1. The molecule has 0 atom stereocenters. The molecule has 1 aliphatic heterocycles. The maximum atomic E-state index is 12.3. The van der Waals surface area contributed by atoms with E-state index in [2.05, 4.69) is 10.6 Å². The summed E-state index contributed by atoms with van der Waals surface area (Å²) in [5.74, 6) is 1.20. The fourth-order valence-electron chi connectivity index (χ4n) is 2.97. The first kappa shape index (κ1) is 19.0. The quantitative estimate of drug-likeness (QED) is 0.651. The van der Waals surface area contributed by atoms with Crippen LogP contribution in [0, 0.1) is 0 Å². The summed E-state index contributed by atoms with van der Waals surface area (Å²) in [6.45, 7) is 1.63. The minimum Gasteiger partial charge on any atom is -0.486 e. The lowest BCUT2D eigenvalue weighted by Gasteiger charge is -2.18. The first-order chi connectivity index (χ1) is 14.2. The molecule has 3 aromatic rings. The predicted octanol–water partition coefficient (Wildman–Crippen LogP) is 3.74.